The molecule has 164 valence electrons. The lowest BCUT2D eigenvalue weighted by atomic mass is 9.95. The Morgan fingerprint density at radius 2 is 1.81 bits per heavy atom. The van der Waals surface area contributed by atoms with E-state index in [1.807, 2.05) is 6.07 Å². The maximum Gasteiger partial charge on any atom is 0.255 e. The third-order valence-corrected chi connectivity index (χ3v) is 6.69. The lowest BCUT2D eigenvalue weighted by Gasteiger charge is -2.31. The maximum atomic E-state index is 13.0. The number of anilines is 1. The number of piperidine rings is 1. The van der Waals surface area contributed by atoms with E-state index >= 15 is 0 Å². The third-order valence-electron chi connectivity index (χ3n) is 5.12. The molecule has 6 nitrogen and oxygen atoms in total. The Morgan fingerprint density at radius 3 is 2.48 bits per heavy atom. The van der Waals surface area contributed by atoms with Gasteiger partial charge in [0.2, 0.25) is 11.8 Å². The summed E-state index contributed by atoms with van der Waals surface area (Å²) in [6, 6.07) is 12.2. The van der Waals surface area contributed by atoms with Gasteiger partial charge in [0.05, 0.1) is 17.0 Å². The van der Waals surface area contributed by atoms with Crippen molar-refractivity contribution in [3.8, 4) is 0 Å². The first-order chi connectivity index (χ1) is 14.8. The van der Waals surface area contributed by atoms with Crippen molar-refractivity contribution in [2.75, 3.05) is 24.2 Å². The van der Waals surface area contributed by atoms with Gasteiger partial charge in [-0.3, -0.25) is 14.4 Å². The minimum absolute atomic E-state index is 0.167. The van der Waals surface area contributed by atoms with Crippen molar-refractivity contribution in [1.82, 2.24) is 4.90 Å². The summed E-state index contributed by atoms with van der Waals surface area (Å²) in [6.07, 6.45) is 1.11. The number of primary amides is 1. The molecule has 0 radical (unpaired) electrons. The largest absolute Gasteiger partial charge is 0.369 e. The highest BCUT2D eigenvalue weighted by Crippen LogP contribution is 2.26. The van der Waals surface area contributed by atoms with Gasteiger partial charge in [0.1, 0.15) is 0 Å². The predicted octanol–water partition coefficient (Wildman–Crippen LogP) is 4.20. The molecular formula is C22H23Cl2N3O3S. The lowest BCUT2D eigenvalue weighted by molar-refractivity contribution is -0.123. The van der Waals surface area contributed by atoms with Gasteiger partial charge in [0.25, 0.3) is 5.91 Å². The summed E-state index contributed by atoms with van der Waals surface area (Å²) in [5.41, 5.74) is 7.17. The molecule has 0 bridgehead atoms. The van der Waals surface area contributed by atoms with Crippen LogP contribution in [0.25, 0.3) is 0 Å². The Balaban J connectivity index is 1.56. The number of halogens is 2. The van der Waals surface area contributed by atoms with Crippen molar-refractivity contribution >= 4 is 58.4 Å². The summed E-state index contributed by atoms with van der Waals surface area (Å²) in [6.45, 7) is 0.929. The summed E-state index contributed by atoms with van der Waals surface area (Å²) >= 11 is 13.5. The van der Waals surface area contributed by atoms with E-state index in [-0.39, 0.29) is 29.4 Å². The predicted molar refractivity (Wildman–Crippen MR) is 126 cm³/mol. The summed E-state index contributed by atoms with van der Waals surface area (Å²) in [4.78, 5) is 38.5. The van der Waals surface area contributed by atoms with Crippen LogP contribution in [0.5, 0.6) is 0 Å². The van der Waals surface area contributed by atoms with Crippen LogP contribution >= 0.6 is 35.0 Å². The van der Waals surface area contributed by atoms with Crippen LogP contribution in [0.2, 0.25) is 10.0 Å². The van der Waals surface area contributed by atoms with Crippen molar-refractivity contribution in [2.24, 2.45) is 11.7 Å². The van der Waals surface area contributed by atoms with Gasteiger partial charge in [-0.2, -0.15) is 0 Å². The normalized spacial score (nSPS) is 14.3. The van der Waals surface area contributed by atoms with Crippen LogP contribution in [0.1, 0.15) is 28.8 Å². The molecule has 3 N–H and O–H groups in total. The Bertz CT molecular complexity index is 978. The van der Waals surface area contributed by atoms with Gasteiger partial charge in [0, 0.05) is 34.8 Å². The van der Waals surface area contributed by atoms with Crippen LogP contribution in [0.3, 0.4) is 0 Å². The van der Waals surface area contributed by atoms with E-state index in [1.54, 1.807) is 41.3 Å². The van der Waals surface area contributed by atoms with E-state index < -0.39 is 0 Å². The second-order valence-electron chi connectivity index (χ2n) is 7.29. The Hall–Kier alpha value is -2.22. The van der Waals surface area contributed by atoms with Crippen molar-refractivity contribution in [1.29, 1.82) is 0 Å². The number of nitrogens with two attached hydrogens (primary N) is 1. The fourth-order valence-electron chi connectivity index (χ4n) is 3.39. The maximum absolute atomic E-state index is 13.0. The van der Waals surface area contributed by atoms with E-state index in [2.05, 4.69) is 5.32 Å². The zero-order valence-corrected chi connectivity index (χ0v) is 19.1. The topological polar surface area (TPSA) is 92.5 Å². The summed E-state index contributed by atoms with van der Waals surface area (Å²) < 4.78 is 0. The number of thioether (sulfide) groups is 1. The van der Waals surface area contributed by atoms with Crippen LogP contribution in [0.4, 0.5) is 5.69 Å². The van der Waals surface area contributed by atoms with E-state index in [0.717, 1.165) is 5.56 Å². The zero-order chi connectivity index (χ0) is 22.4. The first-order valence-corrected chi connectivity index (χ1v) is 11.8. The van der Waals surface area contributed by atoms with E-state index in [1.165, 1.54) is 11.8 Å². The number of hydrogen-bond donors (Lipinski definition) is 2. The molecule has 2 aromatic rings. The van der Waals surface area contributed by atoms with E-state index in [0.29, 0.717) is 53.0 Å². The number of hydrogen-bond acceptors (Lipinski definition) is 4. The second-order valence-corrected chi connectivity index (χ2v) is 9.12. The second kappa shape index (κ2) is 10.9. The molecule has 1 aliphatic heterocycles. The quantitative estimate of drug-likeness (QED) is 0.621. The van der Waals surface area contributed by atoms with Crippen LogP contribution in [-0.2, 0) is 15.3 Å². The van der Waals surface area contributed by atoms with Crippen LogP contribution in [0.15, 0.2) is 42.5 Å². The van der Waals surface area contributed by atoms with Gasteiger partial charge in [-0.15, -0.1) is 11.8 Å². The molecule has 1 heterocycles. The van der Waals surface area contributed by atoms with Gasteiger partial charge in [0.15, 0.2) is 0 Å². The molecule has 0 aromatic heterocycles. The third kappa shape index (κ3) is 6.38. The van der Waals surface area contributed by atoms with Gasteiger partial charge in [-0.05, 0) is 42.7 Å². The molecule has 3 amide bonds. The molecule has 0 unspecified atom stereocenters. The number of nitrogens with zero attached hydrogens (tertiary/aromatic N) is 1. The number of amides is 3. The molecule has 1 fully saturated rings. The lowest BCUT2D eigenvalue weighted by Crippen LogP contribution is -2.42. The molecule has 1 saturated heterocycles. The fourth-order valence-corrected chi connectivity index (χ4v) is 4.78. The molecule has 3 rings (SSSR count). The molecule has 2 aromatic carbocycles. The van der Waals surface area contributed by atoms with Crippen molar-refractivity contribution in [2.45, 2.75) is 18.6 Å². The number of carbonyl (C=O) groups is 3. The van der Waals surface area contributed by atoms with Gasteiger partial charge < -0.3 is 16.0 Å². The number of para-hydroxylation sites is 1. The van der Waals surface area contributed by atoms with Crippen molar-refractivity contribution < 1.29 is 14.4 Å². The number of carbonyl (C=O) groups excluding carboxylic acids is 3. The molecule has 1 aliphatic rings. The molecule has 0 aliphatic carbocycles. The Morgan fingerprint density at radius 1 is 1.10 bits per heavy atom. The molecule has 0 spiro atoms. The number of nitrogens with one attached hydrogen (secondary N) is 1. The first-order valence-electron chi connectivity index (χ1n) is 9.84. The van der Waals surface area contributed by atoms with E-state index in [4.69, 9.17) is 28.9 Å². The number of rotatable bonds is 7. The first kappa shape index (κ1) is 23.4. The Labute approximate surface area is 195 Å². The zero-order valence-electron chi connectivity index (χ0n) is 16.8. The van der Waals surface area contributed by atoms with Crippen molar-refractivity contribution in [3.05, 3.63) is 63.6 Å². The minimum Gasteiger partial charge on any atom is -0.369 e. The summed E-state index contributed by atoms with van der Waals surface area (Å²) in [5.74, 6) is -0.103. The van der Waals surface area contributed by atoms with Crippen LogP contribution < -0.4 is 11.1 Å². The molecular weight excluding hydrogens is 457 g/mol. The average molecular weight is 480 g/mol. The number of likely N-dealkylation sites (tertiary alicyclic amines) is 1. The summed E-state index contributed by atoms with van der Waals surface area (Å²) in [5, 5.41) is 3.96. The van der Waals surface area contributed by atoms with Crippen molar-refractivity contribution in [3.63, 3.8) is 0 Å². The minimum atomic E-state index is -0.322. The van der Waals surface area contributed by atoms with Crippen LogP contribution in [-0.4, -0.2) is 41.5 Å². The highest BCUT2D eigenvalue weighted by Gasteiger charge is 2.27. The standard InChI is InChI=1S/C22H23Cl2N3O3S/c23-16-6-5-15(18(24)11-16)12-31-13-20(28)26-19-4-2-1-3-17(19)22(30)27-9-7-14(8-10-27)21(25)29/h1-6,11,14H,7-10,12-13H2,(H2,25,29)(H,26,28). The van der Waals surface area contributed by atoms with Gasteiger partial charge in [-0.25, -0.2) is 0 Å². The van der Waals surface area contributed by atoms with Gasteiger partial charge >= 0.3 is 0 Å². The Kier molecular flexibility index (Phi) is 8.23. The average Bonchev–Trinajstić information content (AvgIpc) is 2.75. The molecule has 0 atom stereocenters. The molecule has 31 heavy (non-hydrogen) atoms. The van der Waals surface area contributed by atoms with E-state index in [9.17, 15) is 14.4 Å². The van der Waals surface area contributed by atoms with Crippen LogP contribution in [0, 0.1) is 5.92 Å². The SMILES string of the molecule is NC(=O)C1CCN(C(=O)c2ccccc2NC(=O)CSCc2ccc(Cl)cc2Cl)CC1. The monoisotopic (exact) mass is 479 g/mol. The highest BCUT2D eigenvalue weighted by atomic mass is 35.5. The number of benzene rings is 2. The van der Waals surface area contributed by atoms with Gasteiger partial charge in [-0.1, -0.05) is 41.4 Å². The molecule has 0 saturated carbocycles. The highest BCUT2D eigenvalue weighted by molar-refractivity contribution is 7.99. The summed E-state index contributed by atoms with van der Waals surface area (Å²) in [7, 11) is 0. The smallest absolute Gasteiger partial charge is 0.255 e. The fraction of sp³-hybridized carbons (Fsp3) is 0.318. The molecule has 9 heteroatoms.